The van der Waals surface area contributed by atoms with E-state index in [2.05, 4.69) is 22.4 Å². The summed E-state index contributed by atoms with van der Waals surface area (Å²) in [7, 11) is 1.87. The SMILES string of the molecule is Cc1ncsc1CCN(C)C(=O)c1ccc(C2CCCNC2)cc1. The molecule has 128 valence electrons. The number of carbonyl (C=O) groups excluding carboxylic acids is 1. The van der Waals surface area contributed by atoms with Gasteiger partial charge in [-0.25, -0.2) is 4.98 Å². The monoisotopic (exact) mass is 343 g/mol. The summed E-state index contributed by atoms with van der Waals surface area (Å²) >= 11 is 1.66. The molecule has 1 aliphatic heterocycles. The second kappa shape index (κ2) is 7.90. The Hall–Kier alpha value is -1.72. The van der Waals surface area contributed by atoms with E-state index in [1.165, 1.54) is 23.3 Å². The molecular weight excluding hydrogens is 318 g/mol. The number of aromatic nitrogens is 1. The number of carbonyl (C=O) groups is 1. The van der Waals surface area contributed by atoms with E-state index in [0.717, 1.165) is 37.3 Å². The van der Waals surface area contributed by atoms with Crippen molar-refractivity contribution in [3.8, 4) is 0 Å². The van der Waals surface area contributed by atoms with Crippen molar-refractivity contribution in [2.45, 2.75) is 32.1 Å². The van der Waals surface area contributed by atoms with E-state index in [1.54, 1.807) is 16.2 Å². The smallest absolute Gasteiger partial charge is 0.253 e. The Bertz CT molecular complexity index is 674. The predicted octanol–water partition coefficient (Wildman–Crippen LogP) is 3.23. The molecule has 0 aliphatic carbocycles. The molecule has 1 N–H and O–H groups in total. The van der Waals surface area contributed by atoms with E-state index < -0.39 is 0 Å². The number of thiazole rings is 1. The van der Waals surface area contributed by atoms with Crippen molar-refractivity contribution < 1.29 is 4.79 Å². The standard InChI is InChI=1S/C19H25N3OS/c1-14-18(24-13-21-14)9-11-22(2)19(23)16-7-5-15(6-8-16)17-4-3-10-20-12-17/h5-8,13,17,20H,3-4,9-12H2,1-2H3. The van der Waals surface area contributed by atoms with Gasteiger partial charge in [0.2, 0.25) is 0 Å². The number of nitrogens with zero attached hydrogens (tertiary/aromatic N) is 2. The molecule has 1 atom stereocenters. The Balaban J connectivity index is 1.58. The van der Waals surface area contributed by atoms with E-state index in [0.29, 0.717) is 5.92 Å². The fraction of sp³-hybridized carbons (Fsp3) is 0.474. The molecule has 0 saturated carbocycles. The molecule has 1 fully saturated rings. The molecule has 4 nitrogen and oxygen atoms in total. The maximum atomic E-state index is 12.6. The van der Waals surface area contributed by atoms with Crippen molar-refractivity contribution in [2.24, 2.45) is 0 Å². The van der Waals surface area contributed by atoms with Crippen molar-refractivity contribution in [2.75, 3.05) is 26.7 Å². The summed E-state index contributed by atoms with van der Waals surface area (Å²) in [4.78, 5) is 19.9. The lowest BCUT2D eigenvalue weighted by Crippen LogP contribution is -2.29. The van der Waals surface area contributed by atoms with Gasteiger partial charge in [0, 0.05) is 37.0 Å². The Morgan fingerprint density at radius 1 is 1.38 bits per heavy atom. The molecular formula is C19H25N3OS. The first-order valence-corrected chi connectivity index (χ1v) is 9.48. The number of hydrogen-bond acceptors (Lipinski definition) is 4. The number of hydrogen-bond donors (Lipinski definition) is 1. The quantitative estimate of drug-likeness (QED) is 0.906. The van der Waals surface area contributed by atoms with Crippen molar-refractivity contribution in [3.63, 3.8) is 0 Å². The van der Waals surface area contributed by atoms with Gasteiger partial charge in [-0.2, -0.15) is 0 Å². The average molecular weight is 343 g/mol. The number of rotatable bonds is 5. The normalized spacial score (nSPS) is 17.7. The Kier molecular flexibility index (Phi) is 5.63. The molecule has 1 aromatic carbocycles. The van der Waals surface area contributed by atoms with Crippen LogP contribution in [0, 0.1) is 6.92 Å². The van der Waals surface area contributed by atoms with Crippen LogP contribution in [0.2, 0.25) is 0 Å². The molecule has 1 saturated heterocycles. The maximum Gasteiger partial charge on any atom is 0.253 e. The highest BCUT2D eigenvalue weighted by Crippen LogP contribution is 2.23. The van der Waals surface area contributed by atoms with Gasteiger partial charge in [-0.3, -0.25) is 4.79 Å². The van der Waals surface area contributed by atoms with Crippen molar-refractivity contribution in [1.82, 2.24) is 15.2 Å². The number of aryl methyl sites for hydroxylation is 1. The van der Waals surface area contributed by atoms with Crippen molar-refractivity contribution in [1.29, 1.82) is 0 Å². The van der Waals surface area contributed by atoms with Crippen LogP contribution < -0.4 is 5.32 Å². The number of likely N-dealkylation sites (N-methyl/N-ethyl adjacent to an activating group) is 1. The summed E-state index contributed by atoms with van der Waals surface area (Å²) in [5.74, 6) is 0.667. The molecule has 0 bridgehead atoms. The lowest BCUT2D eigenvalue weighted by atomic mass is 9.91. The topological polar surface area (TPSA) is 45.2 Å². The van der Waals surface area contributed by atoms with Gasteiger partial charge >= 0.3 is 0 Å². The fourth-order valence-corrected chi connectivity index (χ4v) is 3.96. The zero-order valence-electron chi connectivity index (χ0n) is 14.4. The number of nitrogens with one attached hydrogen (secondary N) is 1. The van der Waals surface area contributed by atoms with E-state index >= 15 is 0 Å². The molecule has 3 rings (SSSR count). The molecule has 1 amide bonds. The first kappa shape index (κ1) is 17.1. The van der Waals surface area contributed by atoms with Gasteiger partial charge in [-0.05, 0) is 49.9 Å². The lowest BCUT2D eigenvalue weighted by Gasteiger charge is -2.23. The first-order chi connectivity index (χ1) is 11.6. The zero-order valence-corrected chi connectivity index (χ0v) is 15.2. The van der Waals surface area contributed by atoms with Crippen LogP contribution in [0.3, 0.4) is 0 Å². The summed E-state index contributed by atoms with van der Waals surface area (Å²) in [6.45, 7) is 4.90. The molecule has 2 aromatic rings. The van der Waals surface area contributed by atoms with Crippen LogP contribution in [0.25, 0.3) is 0 Å². The molecule has 2 heterocycles. The highest BCUT2D eigenvalue weighted by molar-refractivity contribution is 7.09. The summed E-state index contributed by atoms with van der Waals surface area (Å²) < 4.78 is 0. The molecule has 0 radical (unpaired) electrons. The Morgan fingerprint density at radius 3 is 2.79 bits per heavy atom. The van der Waals surface area contributed by atoms with Gasteiger partial charge in [0.05, 0.1) is 11.2 Å². The van der Waals surface area contributed by atoms with Gasteiger partial charge in [-0.15, -0.1) is 11.3 Å². The molecule has 1 aromatic heterocycles. The van der Waals surface area contributed by atoms with Crippen molar-refractivity contribution >= 4 is 17.2 Å². The molecule has 0 spiro atoms. The predicted molar refractivity (Wildman–Crippen MR) is 98.8 cm³/mol. The fourth-order valence-electron chi connectivity index (χ4n) is 3.19. The van der Waals surface area contributed by atoms with Crippen LogP contribution in [0.4, 0.5) is 0 Å². The maximum absolute atomic E-state index is 12.6. The van der Waals surface area contributed by atoms with E-state index in [-0.39, 0.29) is 5.91 Å². The lowest BCUT2D eigenvalue weighted by molar-refractivity contribution is 0.0796. The van der Waals surface area contributed by atoms with E-state index in [4.69, 9.17) is 0 Å². The summed E-state index contributed by atoms with van der Waals surface area (Å²) in [6.07, 6.45) is 3.32. The average Bonchev–Trinajstić information content (AvgIpc) is 3.05. The third-order valence-electron chi connectivity index (χ3n) is 4.79. The van der Waals surface area contributed by atoms with E-state index in [1.807, 2.05) is 31.6 Å². The van der Waals surface area contributed by atoms with Crippen LogP contribution in [-0.2, 0) is 6.42 Å². The summed E-state index contributed by atoms with van der Waals surface area (Å²) in [5, 5.41) is 3.44. The minimum atomic E-state index is 0.0884. The van der Waals surface area contributed by atoms with Crippen LogP contribution in [0.1, 0.15) is 45.3 Å². The largest absolute Gasteiger partial charge is 0.341 e. The van der Waals surface area contributed by atoms with Crippen LogP contribution in [-0.4, -0.2) is 42.5 Å². The number of benzene rings is 1. The van der Waals surface area contributed by atoms with Gasteiger partial charge < -0.3 is 10.2 Å². The highest BCUT2D eigenvalue weighted by Gasteiger charge is 2.17. The zero-order chi connectivity index (χ0) is 16.9. The first-order valence-electron chi connectivity index (χ1n) is 8.60. The van der Waals surface area contributed by atoms with Crippen LogP contribution in [0.15, 0.2) is 29.8 Å². The minimum absolute atomic E-state index is 0.0884. The number of piperidine rings is 1. The van der Waals surface area contributed by atoms with Crippen molar-refractivity contribution in [3.05, 3.63) is 51.5 Å². The van der Waals surface area contributed by atoms with Crippen LogP contribution in [0.5, 0.6) is 0 Å². The summed E-state index contributed by atoms with van der Waals surface area (Å²) in [5.41, 5.74) is 5.05. The van der Waals surface area contributed by atoms with Crippen LogP contribution >= 0.6 is 11.3 Å². The minimum Gasteiger partial charge on any atom is -0.341 e. The molecule has 24 heavy (non-hydrogen) atoms. The molecule has 5 heteroatoms. The number of amides is 1. The molecule has 1 unspecified atom stereocenters. The Morgan fingerprint density at radius 2 is 2.17 bits per heavy atom. The molecule has 1 aliphatic rings. The van der Waals surface area contributed by atoms with Gasteiger partial charge in [0.1, 0.15) is 0 Å². The van der Waals surface area contributed by atoms with Gasteiger partial charge in [0.15, 0.2) is 0 Å². The van der Waals surface area contributed by atoms with Gasteiger partial charge in [0.25, 0.3) is 5.91 Å². The second-order valence-corrected chi connectivity index (χ2v) is 7.44. The Labute approximate surface area is 147 Å². The second-order valence-electron chi connectivity index (χ2n) is 6.50. The van der Waals surface area contributed by atoms with Gasteiger partial charge in [-0.1, -0.05) is 12.1 Å². The third kappa shape index (κ3) is 4.02. The highest BCUT2D eigenvalue weighted by atomic mass is 32.1. The third-order valence-corrected chi connectivity index (χ3v) is 5.79. The summed E-state index contributed by atoms with van der Waals surface area (Å²) in [6, 6.07) is 8.18. The van der Waals surface area contributed by atoms with E-state index in [9.17, 15) is 4.79 Å².